The van der Waals surface area contributed by atoms with Crippen molar-refractivity contribution < 1.29 is 4.39 Å². The Kier molecular flexibility index (Phi) is 4.08. The Morgan fingerprint density at radius 3 is 3.00 bits per heavy atom. The Morgan fingerprint density at radius 2 is 2.19 bits per heavy atom. The fourth-order valence-corrected chi connectivity index (χ4v) is 2.92. The fraction of sp³-hybridized carbons (Fsp3) is 0.312. The zero-order valence-electron chi connectivity index (χ0n) is 11.5. The lowest BCUT2D eigenvalue weighted by atomic mass is 9.91. The van der Waals surface area contributed by atoms with E-state index >= 15 is 0 Å². The van der Waals surface area contributed by atoms with E-state index in [1.807, 2.05) is 12.1 Å². The molecule has 0 unspecified atom stereocenters. The number of aromatic nitrogens is 1. The summed E-state index contributed by atoms with van der Waals surface area (Å²) in [5.74, 6) is -0.399. The van der Waals surface area contributed by atoms with Gasteiger partial charge in [0.15, 0.2) is 0 Å². The SMILES string of the molecule is O=c1ccc2c([nH]1)CCC[C@@H]2NCc1ccc(Cl)c(F)c1. The molecule has 1 aromatic heterocycles. The molecule has 2 aromatic rings. The normalized spacial score (nSPS) is 17.5. The minimum Gasteiger partial charge on any atom is -0.326 e. The highest BCUT2D eigenvalue weighted by Crippen LogP contribution is 2.28. The molecular weight excluding hydrogens is 291 g/mol. The van der Waals surface area contributed by atoms with Gasteiger partial charge >= 0.3 is 0 Å². The van der Waals surface area contributed by atoms with Gasteiger partial charge in [-0.15, -0.1) is 0 Å². The summed E-state index contributed by atoms with van der Waals surface area (Å²) in [5, 5.41) is 3.57. The number of fused-ring (bicyclic) bond motifs is 1. The summed E-state index contributed by atoms with van der Waals surface area (Å²) in [7, 11) is 0. The van der Waals surface area contributed by atoms with E-state index in [0.29, 0.717) is 6.54 Å². The number of aryl methyl sites for hydroxylation is 1. The summed E-state index contributed by atoms with van der Waals surface area (Å²) >= 11 is 5.68. The molecule has 21 heavy (non-hydrogen) atoms. The highest BCUT2D eigenvalue weighted by molar-refractivity contribution is 6.30. The van der Waals surface area contributed by atoms with Crippen LogP contribution in [0, 0.1) is 5.82 Å². The second-order valence-corrected chi connectivity index (χ2v) is 5.74. The largest absolute Gasteiger partial charge is 0.326 e. The van der Waals surface area contributed by atoms with Gasteiger partial charge in [-0.25, -0.2) is 4.39 Å². The van der Waals surface area contributed by atoms with E-state index in [1.54, 1.807) is 12.1 Å². The molecule has 0 amide bonds. The first-order valence-corrected chi connectivity index (χ1v) is 7.41. The number of H-pyrrole nitrogens is 1. The molecule has 0 bridgehead atoms. The van der Waals surface area contributed by atoms with Gasteiger partial charge in [-0.2, -0.15) is 0 Å². The predicted octanol–water partition coefficient (Wildman–Crippen LogP) is 3.33. The molecule has 3 rings (SSSR count). The number of nitrogens with one attached hydrogen (secondary N) is 2. The summed E-state index contributed by atoms with van der Waals surface area (Å²) in [5.41, 5.74) is 2.94. The van der Waals surface area contributed by atoms with Crippen LogP contribution in [0.15, 0.2) is 35.1 Å². The minimum atomic E-state index is -0.399. The molecular formula is C16H16ClFN2O. The number of pyridine rings is 1. The predicted molar refractivity (Wildman–Crippen MR) is 81.0 cm³/mol. The molecule has 1 aromatic carbocycles. The van der Waals surface area contributed by atoms with Crippen LogP contribution in [0.3, 0.4) is 0 Å². The molecule has 3 nitrogen and oxygen atoms in total. The molecule has 1 aliphatic rings. The summed E-state index contributed by atoms with van der Waals surface area (Å²) in [6.45, 7) is 0.567. The Labute approximate surface area is 127 Å². The van der Waals surface area contributed by atoms with E-state index in [9.17, 15) is 9.18 Å². The molecule has 0 fully saturated rings. The maximum absolute atomic E-state index is 13.4. The Balaban J connectivity index is 1.74. The second kappa shape index (κ2) is 6.00. The number of rotatable bonds is 3. The topological polar surface area (TPSA) is 44.9 Å². The highest BCUT2D eigenvalue weighted by Gasteiger charge is 2.20. The maximum Gasteiger partial charge on any atom is 0.248 e. The van der Waals surface area contributed by atoms with E-state index < -0.39 is 5.82 Å². The van der Waals surface area contributed by atoms with Gasteiger partial charge in [0.1, 0.15) is 5.82 Å². The lowest BCUT2D eigenvalue weighted by molar-refractivity contribution is 0.453. The van der Waals surface area contributed by atoms with Crippen molar-refractivity contribution in [2.24, 2.45) is 0 Å². The number of hydrogen-bond donors (Lipinski definition) is 2. The first kappa shape index (κ1) is 14.3. The van der Waals surface area contributed by atoms with Gasteiger partial charge in [0.25, 0.3) is 0 Å². The maximum atomic E-state index is 13.4. The molecule has 0 aliphatic heterocycles. The molecule has 2 N–H and O–H groups in total. The van der Waals surface area contributed by atoms with Crippen LogP contribution in [-0.2, 0) is 13.0 Å². The van der Waals surface area contributed by atoms with Crippen molar-refractivity contribution >= 4 is 11.6 Å². The van der Waals surface area contributed by atoms with Crippen molar-refractivity contribution in [1.29, 1.82) is 0 Å². The van der Waals surface area contributed by atoms with Gasteiger partial charge in [-0.1, -0.05) is 23.7 Å². The van der Waals surface area contributed by atoms with Gasteiger partial charge in [0.05, 0.1) is 5.02 Å². The van der Waals surface area contributed by atoms with Crippen molar-refractivity contribution in [1.82, 2.24) is 10.3 Å². The molecule has 0 saturated heterocycles. The molecule has 0 saturated carbocycles. The van der Waals surface area contributed by atoms with Gasteiger partial charge < -0.3 is 10.3 Å². The zero-order chi connectivity index (χ0) is 14.8. The lowest BCUT2D eigenvalue weighted by Gasteiger charge is -2.26. The van der Waals surface area contributed by atoms with Gasteiger partial charge in [-0.05, 0) is 42.5 Å². The Hall–Kier alpha value is -1.65. The van der Waals surface area contributed by atoms with Crippen LogP contribution >= 0.6 is 11.6 Å². The average molecular weight is 307 g/mol. The molecule has 1 heterocycles. The Morgan fingerprint density at radius 1 is 1.33 bits per heavy atom. The average Bonchev–Trinajstić information content (AvgIpc) is 2.48. The highest BCUT2D eigenvalue weighted by atomic mass is 35.5. The summed E-state index contributed by atoms with van der Waals surface area (Å²) in [6, 6.07) is 8.46. The van der Waals surface area contributed by atoms with Crippen molar-refractivity contribution in [3.05, 3.63) is 68.3 Å². The fourth-order valence-electron chi connectivity index (χ4n) is 2.80. The summed E-state index contributed by atoms with van der Waals surface area (Å²) in [4.78, 5) is 14.3. The van der Waals surface area contributed by atoms with Crippen LogP contribution < -0.4 is 10.9 Å². The van der Waals surface area contributed by atoms with Gasteiger partial charge in [0.2, 0.25) is 5.56 Å². The smallest absolute Gasteiger partial charge is 0.248 e. The monoisotopic (exact) mass is 306 g/mol. The minimum absolute atomic E-state index is 0.0610. The standard InChI is InChI=1S/C16H16ClFN2O/c17-12-6-4-10(8-13(12)18)9-19-14-2-1-3-15-11(14)5-7-16(21)20-15/h4-8,14,19H,1-3,9H2,(H,20,21)/t14-/m0/s1. The molecule has 1 aliphatic carbocycles. The number of benzene rings is 1. The zero-order valence-corrected chi connectivity index (χ0v) is 12.2. The molecule has 0 radical (unpaired) electrons. The van der Waals surface area contributed by atoms with Crippen molar-refractivity contribution in [2.75, 3.05) is 0 Å². The van der Waals surface area contributed by atoms with Gasteiger partial charge in [-0.3, -0.25) is 4.79 Å². The molecule has 110 valence electrons. The first-order chi connectivity index (χ1) is 10.1. The van der Waals surface area contributed by atoms with E-state index in [0.717, 1.165) is 36.1 Å². The summed E-state index contributed by atoms with van der Waals surface area (Å²) in [6.07, 6.45) is 2.94. The van der Waals surface area contributed by atoms with Gasteiger partial charge in [0, 0.05) is 24.3 Å². The summed E-state index contributed by atoms with van der Waals surface area (Å²) < 4.78 is 13.4. The lowest BCUT2D eigenvalue weighted by Crippen LogP contribution is -2.27. The molecule has 0 spiro atoms. The number of halogens is 2. The van der Waals surface area contributed by atoms with Crippen LogP contribution in [0.4, 0.5) is 4.39 Å². The third kappa shape index (κ3) is 3.17. The molecule has 5 heteroatoms. The third-order valence-electron chi connectivity index (χ3n) is 3.87. The van der Waals surface area contributed by atoms with Crippen LogP contribution in [-0.4, -0.2) is 4.98 Å². The van der Waals surface area contributed by atoms with E-state index in [2.05, 4.69) is 10.3 Å². The number of hydrogen-bond acceptors (Lipinski definition) is 2. The first-order valence-electron chi connectivity index (χ1n) is 7.03. The van der Waals surface area contributed by atoms with Crippen LogP contribution in [0.1, 0.15) is 35.7 Å². The van der Waals surface area contributed by atoms with E-state index in [1.165, 1.54) is 6.07 Å². The van der Waals surface area contributed by atoms with Crippen LogP contribution in [0.5, 0.6) is 0 Å². The van der Waals surface area contributed by atoms with Crippen LogP contribution in [0.25, 0.3) is 0 Å². The van der Waals surface area contributed by atoms with Crippen molar-refractivity contribution in [2.45, 2.75) is 31.8 Å². The Bertz CT molecular complexity index is 714. The van der Waals surface area contributed by atoms with Crippen molar-refractivity contribution in [3.63, 3.8) is 0 Å². The third-order valence-corrected chi connectivity index (χ3v) is 4.17. The van der Waals surface area contributed by atoms with E-state index in [-0.39, 0.29) is 16.6 Å². The molecule has 1 atom stereocenters. The number of aromatic amines is 1. The van der Waals surface area contributed by atoms with Crippen LogP contribution in [0.2, 0.25) is 5.02 Å². The van der Waals surface area contributed by atoms with E-state index in [4.69, 9.17) is 11.6 Å². The second-order valence-electron chi connectivity index (χ2n) is 5.33. The quantitative estimate of drug-likeness (QED) is 0.913. The van der Waals surface area contributed by atoms with Crippen molar-refractivity contribution in [3.8, 4) is 0 Å².